The van der Waals surface area contributed by atoms with E-state index in [4.69, 9.17) is 0 Å². The van der Waals surface area contributed by atoms with Crippen molar-refractivity contribution in [1.82, 2.24) is 18.8 Å². The Bertz CT molecular complexity index is 751. The number of nitrogens with one attached hydrogen (secondary N) is 1. The highest BCUT2D eigenvalue weighted by atomic mass is 32.2. The van der Waals surface area contributed by atoms with Crippen LogP contribution in [-0.2, 0) is 10.2 Å². The molecule has 1 aromatic heterocycles. The smallest absolute Gasteiger partial charge is 0.241 e. The van der Waals surface area contributed by atoms with Gasteiger partial charge in [-0.15, -0.1) is 0 Å². The zero-order chi connectivity index (χ0) is 17.0. The molecule has 1 unspecified atom stereocenters. The van der Waals surface area contributed by atoms with E-state index in [1.807, 2.05) is 43.5 Å². The summed E-state index contributed by atoms with van der Waals surface area (Å²) in [5, 5.41) is 4.26. The summed E-state index contributed by atoms with van der Waals surface area (Å²) in [5.41, 5.74) is 1.79. The van der Waals surface area contributed by atoms with Gasteiger partial charge in [0.2, 0.25) is 0 Å². The van der Waals surface area contributed by atoms with Gasteiger partial charge in [0.25, 0.3) is 10.2 Å². The molecule has 0 saturated carbocycles. The first kappa shape index (κ1) is 17.1. The van der Waals surface area contributed by atoms with Gasteiger partial charge in [0.1, 0.15) is 0 Å². The maximum absolute atomic E-state index is 12.7. The van der Waals surface area contributed by atoms with Crippen LogP contribution in [0.1, 0.15) is 44.2 Å². The quantitative estimate of drug-likeness (QED) is 0.903. The Morgan fingerprint density at radius 3 is 2.46 bits per heavy atom. The van der Waals surface area contributed by atoms with Crippen molar-refractivity contribution >= 4 is 10.2 Å². The molecule has 1 atom stereocenters. The van der Waals surface area contributed by atoms with Gasteiger partial charge in [0.15, 0.2) is 0 Å². The van der Waals surface area contributed by atoms with Gasteiger partial charge in [-0.1, -0.05) is 31.0 Å². The molecule has 0 bridgehead atoms. The van der Waals surface area contributed by atoms with E-state index in [9.17, 15) is 8.42 Å². The highest BCUT2D eigenvalue weighted by Gasteiger charge is 2.26. The minimum absolute atomic E-state index is 0.335. The third kappa shape index (κ3) is 3.85. The zero-order valence-electron chi connectivity index (χ0n) is 13.9. The van der Waals surface area contributed by atoms with Crippen LogP contribution in [0.3, 0.4) is 0 Å². The van der Waals surface area contributed by atoms with Crippen LogP contribution in [0.4, 0.5) is 0 Å². The summed E-state index contributed by atoms with van der Waals surface area (Å²) in [4.78, 5) is 0. The Morgan fingerprint density at radius 2 is 1.79 bits per heavy atom. The van der Waals surface area contributed by atoms with Crippen molar-refractivity contribution in [2.75, 3.05) is 13.1 Å². The first-order valence-corrected chi connectivity index (χ1v) is 9.88. The molecule has 6 nitrogen and oxygen atoms in total. The van der Waals surface area contributed by atoms with Crippen LogP contribution in [0.2, 0.25) is 0 Å². The molecule has 0 amide bonds. The summed E-state index contributed by atoms with van der Waals surface area (Å²) in [6, 6.07) is 9.24. The number of para-hydroxylation sites is 1. The summed E-state index contributed by atoms with van der Waals surface area (Å²) in [7, 11) is -3.49. The highest BCUT2D eigenvalue weighted by Crippen LogP contribution is 2.23. The van der Waals surface area contributed by atoms with Crippen LogP contribution in [0, 0.1) is 0 Å². The van der Waals surface area contributed by atoms with E-state index >= 15 is 0 Å². The topological polar surface area (TPSA) is 67.2 Å². The average molecular weight is 348 g/mol. The Morgan fingerprint density at radius 1 is 1.08 bits per heavy atom. The fraction of sp³-hybridized carbons (Fsp3) is 0.471. The molecule has 1 N–H and O–H groups in total. The van der Waals surface area contributed by atoms with Crippen molar-refractivity contribution in [1.29, 1.82) is 0 Å². The average Bonchev–Trinajstić information content (AvgIpc) is 2.95. The third-order valence-electron chi connectivity index (χ3n) is 4.39. The Kier molecular flexibility index (Phi) is 5.33. The van der Waals surface area contributed by atoms with E-state index < -0.39 is 10.2 Å². The Balaban J connectivity index is 1.81. The van der Waals surface area contributed by atoms with Crippen molar-refractivity contribution in [3.63, 3.8) is 0 Å². The number of hydrogen-bond donors (Lipinski definition) is 1. The van der Waals surface area contributed by atoms with Gasteiger partial charge in [0, 0.05) is 31.5 Å². The molecular formula is C17H24N4O2S. The third-order valence-corrected chi connectivity index (χ3v) is 6.08. The van der Waals surface area contributed by atoms with E-state index in [1.165, 1.54) is 0 Å². The van der Waals surface area contributed by atoms with Crippen molar-refractivity contribution < 1.29 is 8.42 Å². The number of hydrogen-bond acceptors (Lipinski definition) is 3. The molecule has 2 aromatic rings. The second-order valence-corrected chi connectivity index (χ2v) is 7.87. The predicted molar refractivity (Wildman–Crippen MR) is 94.1 cm³/mol. The van der Waals surface area contributed by atoms with Gasteiger partial charge in [0.05, 0.1) is 5.69 Å². The van der Waals surface area contributed by atoms with E-state index in [2.05, 4.69) is 9.82 Å². The number of nitrogens with zero attached hydrogens (tertiary/aromatic N) is 3. The molecule has 130 valence electrons. The fourth-order valence-corrected chi connectivity index (χ4v) is 4.58. The van der Waals surface area contributed by atoms with Crippen LogP contribution in [-0.4, -0.2) is 35.6 Å². The van der Waals surface area contributed by atoms with Crippen molar-refractivity contribution in [2.24, 2.45) is 0 Å². The van der Waals surface area contributed by atoms with Crippen LogP contribution < -0.4 is 4.72 Å². The molecule has 1 saturated heterocycles. The molecule has 1 fully saturated rings. The van der Waals surface area contributed by atoms with E-state index in [0.29, 0.717) is 13.1 Å². The van der Waals surface area contributed by atoms with Crippen molar-refractivity contribution in [3.05, 3.63) is 48.3 Å². The highest BCUT2D eigenvalue weighted by molar-refractivity contribution is 7.87. The summed E-state index contributed by atoms with van der Waals surface area (Å²) >= 11 is 0. The monoisotopic (exact) mass is 348 g/mol. The molecular weight excluding hydrogens is 324 g/mol. The lowest BCUT2D eigenvalue weighted by Gasteiger charge is -2.24. The molecule has 0 radical (unpaired) electrons. The molecule has 1 aromatic carbocycles. The Labute approximate surface area is 143 Å². The number of aromatic nitrogens is 2. The van der Waals surface area contributed by atoms with Crippen molar-refractivity contribution in [2.45, 2.75) is 38.6 Å². The second-order valence-electron chi connectivity index (χ2n) is 6.17. The standard InChI is InChI=1S/C17H24N4O2S/c1-15(19-24(22,23)20-12-6-2-3-7-13-20)16-9-4-5-10-17(16)21-14-8-11-18-21/h4-5,8-11,14-15,19H,2-3,6-7,12-13H2,1H3. The number of rotatable bonds is 5. The first-order chi connectivity index (χ1) is 11.6. The van der Waals surface area contributed by atoms with Gasteiger partial charge >= 0.3 is 0 Å². The largest absolute Gasteiger partial charge is 0.279 e. The molecule has 1 aliphatic rings. The second kappa shape index (κ2) is 7.46. The lowest BCUT2D eigenvalue weighted by atomic mass is 10.1. The maximum atomic E-state index is 12.7. The normalized spacial score (nSPS) is 18.2. The maximum Gasteiger partial charge on any atom is 0.279 e. The Hall–Kier alpha value is -1.70. The van der Waals surface area contributed by atoms with Crippen LogP contribution in [0.25, 0.3) is 5.69 Å². The van der Waals surface area contributed by atoms with Gasteiger partial charge < -0.3 is 0 Å². The molecule has 7 heteroatoms. The molecule has 1 aliphatic heterocycles. The molecule has 24 heavy (non-hydrogen) atoms. The summed E-state index contributed by atoms with van der Waals surface area (Å²) in [6.07, 6.45) is 7.63. The minimum Gasteiger partial charge on any atom is -0.241 e. The summed E-state index contributed by atoms with van der Waals surface area (Å²) in [5.74, 6) is 0. The van der Waals surface area contributed by atoms with Gasteiger partial charge in [-0.3, -0.25) is 0 Å². The minimum atomic E-state index is -3.49. The SMILES string of the molecule is CC(NS(=O)(=O)N1CCCCCC1)c1ccccc1-n1cccn1. The van der Waals surface area contributed by atoms with Crippen molar-refractivity contribution in [3.8, 4) is 5.69 Å². The van der Waals surface area contributed by atoms with Crippen LogP contribution in [0.15, 0.2) is 42.7 Å². The molecule has 3 rings (SSSR count). The first-order valence-electron chi connectivity index (χ1n) is 8.44. The van der Waals surface area contributed by atoms with Gasteiger partial charge in [-0.05, 0) is 37.5 Å². The van der Waals surface area contributed by atoms with E-state index in [1.54, 1.807) is 15.2 Å². The zero-order valence-corrected chi connectivity index (χ0v) is 14.7. The summed E-state index contributed by atoms with van der Waals surface area (Å²) < 4.78 is 31.6. The fourth-order valence-electron chi connectivity index (χ4n) is 3.12. The molecule has 0 spiro atoms. The van der Waals surface area contributed by atoms with Gasteiger partial charge in [-0.25, -0.2) is 4.68 Å². The predicted octanol–water partition coefficient (Wildman–Crippen LogP) is 2.64. The van der Waals surface area contributed by atoms with Crippen LogP contribution in [0.5, 0.6) is 0 Å². The van der Waals surface area contributed by atoms with E-state index in [-0.39, 0.29) is 6.04 Å². The molecule has 2 heterocycles. The summed E-state index contributed by atoms with van der Waals surface area (Å²) in [6.45, 7) is 3.07. The molecule has 0 aliphatic carbocycles. The number of benzene rings is 1. The van der Waals surface area contributed by atoms with E-state index in [0.717, 1.165) is 36.9 Å². The van der Waals surface area contributed by atoms with Crippen LogP contribution >= 0.6 is 0 Å². The lowest BCUT2D eigenvalue weighted by molar-refractivity contribution is 0.409. The lowest BCUT2D eigenvalue weighted by Crippen LogP contribution is -2.42. The van der Waals surface area contributed by atoms with Gasteiger partial charge in [-0.2, -0.15) is 22.5 Å².